The molecule has 1 N–H and O–H groups in total. The van der Waals surface area contributed by atoms with E-state index in [4.69, 9.17) is 20.8 Å². The summed E-state index contributed by atoms with van der Waals surface area (Å²) in [6.07, 6.45) is 1.37. The van der Waals surface area contributed by atoms with Crippen LogP contribution in [-0.4, -0.2) is 47.9 Å². The highest BCUT2D eigenvalue weighted by atomic mass is 35.5. The number of phenolic OH excluding ortho intramolecular Hbond substituents is 1. The summed E-state index contributed by atoms with van der Waals surface area (Å²) in [4.78, 5) is 16.0. The lowest BCUT2D eigenvalue weighted by molar-refractivity contribution is 0.0240. The second-order valence-electron chi connectivity index (χ2n) is 6.88. The zero-order valence-electron chi connectivity index (χ0n) is 14.0. The van der Waals surface area contributed by atoms with Gasteiger partial charge in [0.15, 0.2) is 0 Å². The Hall–Kier alpha value is -2.08. The molecule has 6 nitrogen and oxygen atoms in total. The number of hydrogen-bond donors (Lipinski definition) is 1. The summed E-state index contributed by atoms with van der Waals surface area (Å²) < 4.78 is 10.9. The van der Waals surface area contributed by atoms with Crippen LogP contribution in [-0.2, 0) is 4.74 Å². The molecule has 2 heterocycles. The smallest absolute Gasteiger partial charge is 0.410 e. The number of halogens is 1. The predicted octanol–water partition coefficient (Wildman–Crippen LogP) is 3.85. The van der Waals surface area contributed by atoms with Crippen LogP contribution in [0.4, 0.5) is 10.5 Å². The van der Waals surface area contributed by atoms with E-state index in [-0.39, 0.29) is 16.9 Å². The van der Waals surface area contributed by atoms with Gasteiger partial charge in [-0.15, -0.1) is 0 Å². The molecule has 1 fully saturated rings. The molecule has 7 heteroatoms. The van der Waals surface area contributed by atoms with E-state index in [0.717, 1.165) is 11.1 Å². The number of carbonyl (C=O) groups is 1. The van der Waals surface area contributed by atoms with Crippen molar-refractivity contribution < 1.29 is 19.1 Å². The molecule has 0 atom stereocenters. The highest BCUT2D eigenvalue weighted by Gasteiger charge is 2.27. The monoisotopic (exact) mass is 352 g/mol. The molecule has 0 unspecified atom stereocenters. The van der Waals surface area contributed by atoms with Crippen LogP contribution < -0.4 is 4.90 Å². The first kappa shape index (κ1) is 16.8. The molecule has 0 spiro atoms. The van der Waals surface area contributed by atoms with Gasteiger partial charge < -0.3 is 24.1 Å². The molecule has 1 saturated heterocycles. The molecule has 1 amide bonds. The summed E-state index contributed by atoms with van der Waals surface area (Å²) in [5.74, 6) is -0.000174. The van der Waals surface area contributed by atoms with Crippen molar-refractivity contribution in [1.29, 1.82) is 0 Å². The standard InChI is InChI=1S/C17H21ClN2O4/c1-17(2,3)24-16(22)20-6-4-19(5-7-20)13-10-23-15-9-14(21)12(18)8-11(13)15/h8-10,21H,4-7H2,1-3H3. The zero-order chi connectivity index (χ0) is 17.5. The average molecular weight is 353 g/mol. The molecule has 0 aliphatic carbocycles. The quantitative estimate of drug-likeness (QED) is 0.844. The Morgan fingerprint density at radius 2 is 1.92 bits per heavy atom. The summed E-state index contributed by atoms with van der Waals surface area (Å²) in [6.45, 7) is 8.08. The van der Waals surface area contributed by atoms with Crippen LogP contribution in [0.2, 0.25) is 5.02 Å². The number of hydrogen-bond acceptors (Lipinski definition) is 5. The van der Waals surface area contributed by atoms with E-state index in [1.807, 2.05) is 20.8 Å². The van der Waals surface area contributed by atoms with Crippen molar-refractivity contribution in [2.75, 3.05) is 31.1 Å². The van der Waals surface area contributed by atoms with E-state index in [1.54, 1.807) is 17.2 Å². The van der Waals surface area contributed by atoms with E-state index in [9.17, 15) is 9.90 Å². The minimum atomic E-state index is -0.492. The predicted molar refractivity (Wildman–Crippen MR) is 92.9 cm³/mol. The molecule has 1 aliphatic rings. The summed E-state index contributed by atoms with van der Waals surface area (Å²) in [6, 6.07) is 3.21. The van der Waals surface area contributed by atoms with Crippen molar-refractivity contribution >= 4 is 34.4 Å². The second kappa shape index (κ2) is 6.09. The highest BCUT2D eigenvalue weighted by molar-refractivity contribution is 6.33. The Balaban J connectivity index is 1.71. The Morgan fingerprint density at radius 3 is 2.54 bits per heavy atom. The summed E-state index contributed by atoms with van der Waals surface area (Å²) >= 11 is 6.00. The van der Waals surface area contributed by atoms with Crippen molar-refractivity contribution in [2.45, 2.75) is 26.4 Å². The van der Waals surface area contributed by atoms with Gasteiger partial charge in [-0.2, -0.15) is 0 Å². The summed E-state index contributed by atoms with van der Waals surface area (Å²) in [7, 11) is 0. The van der Waals surface area contributed by atoms with E-state index >= 15 is 0 Å². The number of amides is 1. The molecule has 0 radical (unpaired) electrons. The SMILES string of the molecule is CC(C)(C)OC(=O)N1CCN(c2coc3cc(O)c(Cl)cc23)CC1. The molecule has 1 aromatic carbocycles. The van der Waals surface area contributed by atoms with E-state index in [0.29, 0.717) is 31.8 Å². The Bertz CT molecular complexity index is 758. The number of carbonyl (C=O) groups excluding carboxylic acids is 1. The maximum atomic E-state index is 12.1. The Labute approximate surface area is 145 Å². The average Bonchev–Trinajstić information content (AvgIpc) is 2.89. The summed E-state index contributed by atoms with van der Waals surface area (Å²) in [5, 5.41) is 10.8. The fourth-order valence-electron chi connectivity index (χ4n) is 2.72. The van der Waals surface area contributed by atoms with Gasteiger partial charge in [-0.3, -0.25) is 0 Å². The van der Waals surface area contributed by atoms with Gasteiger partial charge in [0.1, 0.15) is 23.2 Å². The van der Waals surface area contributed by atoms with E-state index in [2.05, 4.69) is 4.90 Å². The largest absolute Gasteiger partial charge is 0.506 e. The van der Waals surface area contributed by atoms with Crippen LogP contribution in [0.15, 0.2) is 22.8 Å². The minimum absolute atomic E-state index is 0.000174. The van der Waals surface area contributed by atoms with Gasteiger partial charge in [-0.25, -0.2) is 4.79 Å². The molecule has 130 valence electrons. The van der Waals surface area contributed by atoms with Crippen molar-refractivity contribution in [2.24, 2.45) is 0 Å². The molecule has 0 saturated carbocycles. The topological polar surface area (TPSA) is 66.2 Å². The fourth-order valence-corrected chi connectivity index (χ4v) is 2.89. The number of phenols is 1. The maximum Gasteiger partial charge on any atom is 0.410 e. The third kappa shape index (κ3) is 3.38. The van der Waals surface area contributed by atoms with Crippen LogP contribution in [0.5, 0.6) is 5.75 Å². The molecule has 24 heavy (non-hydrogen) atoms. The van der Waals surface area contributed by atoms with Gasteiger partial charge in [0, 0.05) is 37.6 Å². The van der Waals surface area contributed by atoms with Crippen LogP contribution in [0.25, 0.3) is 11.0 Å². The van der Waals surface area contributed by atoms with Gasteiger partial charge in [-0.05, 0) is 26.8 Å². The lowest BCUT2D eigenvalue weighted by Gasteiger charge is -2.36. The number of fused-ring (bicyclic) bond motifs is 1. The molecular weight excluding hydrogens is 332 g/mol. The van der Waals surface area contributed by atoms with Crippen LogP contribution >= 0.6 is 11.6 Å². The molecule has 0 bridgehead atoms. The van der Waals surface area contributed by atoms with Crippen LogP contribution in [0, 0.1) is 0 Å². The first-order valence-corrected chi connectivity index (χ1v) is 8.25. The first-order chi connectivity index (χ1) is 11.2. The maximum absolute atomic E-state index is 12.1. The molecule has 3 rings (SSSR count). The lowest BCUT2D eigenvalue weighted by atomic mass is 10.2. The Morgan fingerprint density at radius 1 is 1.25 bits per heavy atom. The van der Waals surface area contributed by atoms with Crippen LogP contribution in [0.1, 0.15) is 20.8 Å². The minimum Gasteiger partial charge on any atom is -0.506 e. The van der Waals surface area contributed by atoms with Crippen LogP contribution in [0.3, 0.4) is 0 Å². The lowest BCUT2D eigenvalue weighted by Crippen LogP contribution is -2.50. The Kier molecular flexibility index (Phi) is 4.25. The number of aromatic hydroxyl groups is 1. The molecule has 1 aromatic heterocycles. The van der Waals surface area contributed by atoms with Crippen molar-refractivity contribution in [3.05, 3.63) is 23.4 Å². The number of nitrogens with zero attached hydrogens (tertiary/aromatic N) is 2. The van der Waals surface area contributed by atoms with Crippen molar-refractivity contribution in [1.82, 2.24) is 4.90 Å². The third-order valence-electron chi connectivity index (χ3n) is 3.89. The first-order valence-electron chi connectivity index (χ1n) is 7.87. The number of rotatable bonds is 1. The number of ether oxygens (including phenoxy) is 1. The van der Waals surface area contributed by atoms with Gasteiger partial charge >= 0.3 is 6.09 Å². The van der Waals surface area contributed by atoms with E-state index in [1.165, 1.54) is 6.07 Å². The normalized spacial score (nSPS) is 15.8. The highest BCUT2D eigenvalue weighted by Crippen LogP contribution is 2.36. The van der Waals surface area contributed by atoms with Crippen molar-refractivity contribution in [3.8, 4) is 5.75 Å². The van der Waals surface area contributed by atoms with Gasteiger partial charge in [0.2, 0.25) is 0 Å². The fraction of sp³-hybridized carbons (Fsp3) is 0.471. The number of benzene rings is 1. The zero-order valence-corrected chi connectivity index (χ0v) is 14.8. The third-order valence-corrected chi connectivity index (χ3v) is 4.20. The van der Waals surface area contributed by atoms with E-state index < -0.39 is 5.60 Å². The number of piperazine rings is 1. The van der Waals surface area contributed by atoms with Gasteiger partial charge in [0.25, 0.3) is 0 Å². The second-order valence-corrected chi connectivity index (χ2v) is 7.28. The molecule has 2 aromatic rings. The van der Waals surface area contributed by atoms with Crippen molar-refractivity contribution in [3.63, 3.8) is 0 Å². The number of anilines is 1. The molecule has 1 aliphatic heterocycles. The number of furan rings is 1. The molecular formula is C17H21ClN2O4. The van der Waals surface area contributed by atoms with Gasteiger partial charge in [-0.1, -0.05) is 11.6 Å². The van der Waals surface area contributed by atoms with Gasteiger partial charge in [0.05, 0.1) is 10.7 Å². The summed E-state index contributed by atoms with van der Waals surface area (Å²) in [5.41, 5.74) is 1.01.